The number of nitrogen functional groups attached to an aromatic ring is 1. The van der Waals surface area contributed by atoms with E-state index in [1.54, 1.807) is 19.2 Å². The molecule has 5 rings (SSSR count). The maximum absolute atomic E-state index is 13.4. The van der Waals surface area contributed by atoms with Gasteiger partial charge in [-0.3, -0.25) is 9.59 Å². The van der Waals surface area contributed by atoms with Crippen LogP contribution in [-0.2, 0) is 29.5 Å². The normalized spacial score (nSPS) is 16.1. The highest BCUT2D eigenvalue weighted by Crippen LogP contribution is 2.35. The molecule has 1 aliphatic heterocycles. The van der Waals surface area contributed by atoms with Crippen molar-refractivity contribution < 1.29 is 9.59 Å². The first-order valence-electron chi connectivity index (χ1n) is 14.4. The Morgan fingerprint density at radius 3 is 2.56 bits per heavy atom. The van der Waals surface area contributed by atoms with E-state index in [9.17, 15) is 9.59 Å². The van der Waals surface area contributed by atoms with Crippen LogP contribution in [0.2, 0.25) is 0 Å². The van der Waals surface area contributed by atoms with E-state index in [-0.39, 0.29) is 23.8 Å². The number of carbonyl (C=O) groups excluding carboxylic acids is 2. The van der Waals surface area contributed by atoms with E-state index in [0.29, 0.717) is 31.7 Å². The molecule has 8 nitrogen and oxygen atoms in total. The number of rotatable bonds is 9. The van der Waals surface area contributed by atoms with Crippen molar-refractivity contribution in [2.45, 2.75) is 51.0 Å². The maximum atomic E-state index is 13.4. The lowest BCUT2D eigenvalue weighted by molar-refractivity contribution is -0.132. The highest BCUT2D eigenvalue weighted by Gasteiger charge is 2.30. The van der Waals surface area contributed by atoms with E-state index in [4.69, 9.17) is 11.5 Å². The van der Waals surface area contributed by atoms with Crippen LogP contribution in [0.4, 0.5) is 5.82 Å². The number of nitrogens with zero attached hydrogens (tertiary/aromatic N) is 3. The number of piperidine rings is 1. The molecule has 0 radical (unpaired) electrons. The summed E-state index contributed by atoms with van der Waals surface area (Å²) in [5.74, 6) is 0.836. The Morgan fingerprint density at radius 2 is 1.83 bits per heavy atom. The number of aromatic nitrogens is 2. The highest BCUT2D eigenvalue weighted by atomic mass is 16.2. The summed E-state index contributed by atoms with van der Waals surface area (Å²) < 4.78 is 2.28. The number of nitrogens with two attached hydrogens (primary N) is 2. The van der Waals surface area contributed by atoms with Gasteiger partial charge in [0, 0.05) is 80.3 Å². The lowest BCUT2D eigenvalue weighted by Gasteiger charge is -2.34. The molecule has 2 unspecified atom stereocenters. The first-order chi connectivity index (χ1) is 19.8. The van der Waals surface area contributed by atoms with Crippen LogP contribution in [0.15, 0.2) is 66.9 Å². The minimum Gasteiger partial charge on any atom is -0.384 e. The Morgan fingerprint density at radius 1 is 1.07 bits per heavy atom. The first-order valence-corrected chi connectivity index (χ1v) is 14.4. The number of aryl methyl sites for hydroxylation is 1. The zero-order chi connectivity index (χ0) is 28.9. The van der Waals surface area contributed by atoms with Crippen LogP contribution >= 0.6 is 0 Å². The molecular formula is C33H40N6O2. The molecule has 1 aliphatic rings. The molecule has 3 heterocycles. The molecule has 2 aromatic carbocycles. The molecule has 214 valence electrons. The number of hydrogen-bond acceptors (Lipinski definition) is 5. The molecule has 41 heavy (non-hydrogen) atoms. The van der Waals surface area contributed by atoms with Gasteiger partial charge < -0.3 is 26.3 Å². The minimum atomic E-state index is -0.252. The average molecular weight is 553 g/mol. The molecule has 2 atom stereocenters. The zero-order valence-electron chi connectivity index (χ0n) is 24.0. The molecule has 0 aliphatic carbocycles. The third-order valence-corrected chi connectivity index (χ3v) is 8.18. The summed E-state index contributed by atoms with van der Waals surface area (Å²) >= 11 is 0. The van der Waals surface area contributed by atoms with Gasteiger partial charge in [0.2, 0.25) is 11.8 Å². The summed E-state index contributed by atoms with van der Waals surface area (Å²) in [7, 11) is 2.12. The van der Waals surface area contributed by atoms with Crippen molar-refractivity contribution in [3.63, 3.8) is 0 Å². The number of carbonyl (C=O) groups is 2. The second-order valence-electron chi connectivity index (χ2n) is 11.2. The van der Waals surface area contributed by atoms with E-state index >= 15 is 0 Å². The Hall–Kier alpha value is -4.17. The van der Waals surface area contributed by atoms with Crippen LogP contribution in [0, 0.1) is 0 Å². The predicted molar refractivity (Wildman–Crippen MR) is 164 cm³/mol. The van der Waals surface area contributed by atoms with Gasteiger partial charge in [-0.05, 0) is 60.6 Å². The number of hydrogen-bond donors (Lipinski definition) is 3. The standard InChI is InChI=1S/C33H40N6O2/c1-22(40)36-16-15-29-28-7-3-4-8-30(28)38(2)33(29)26-6-5-17-39(21-26)32(41)19-27(34)18-23-9-11-24(12-10-23)25-13-14-31(35)37-20-25/h3-4,7-14,20,26-27H,5-6,15-19,21,34H2,1-2H3,(H2,35,37)(H,36,40). The number of pyridine rings is 1. The number of benzene rings is 2. The van der Waals surface area contributed by atoms with Crippen molar-refractivity contribution in [3.05, 3.63) is 83.7 Å². The molecule has 0 spiro atoms. The predicted octanol–water partition coefficient (Wildman–Crippen LogP) is 4.17. The lowest BCUT2D eigenvalue weighted by Crippen LogP contribution is -2.42. The van der Waals surface area contributed by atoms with Crippen LogP contribution < -0.4 is 16.8 Å². The van der Waals surface area contributed by atoms with Gasteiger partial charge in [-0.2, -0.15) is 0 Å². The van der Waals surface area contributed by atoms with Crippen LogP contribution in [-0.4, -0.2) is 51.9 Å². The number of anilines is 1. The van der Waals surface area contributed by atoms with Crippen molar-refractivity contribution in [2.24, 2.45) is 12.8 Å². The molecule has 1 saturated heterocycles. The number of para-hydroxylation sites is 1. The smallest absolute Gasteiger partial charge is 0.224 e. The van der Waals surface area contributed by atoms with E-state index in [2.05, 4.69) is 70.4 Å². The molecule has 0 bridgehead atoms. The van der Waals surface area contributed by atoms with Gasteiger partial charge in [0.25, 0.3) is 0 Å². The topological polar surface area (TPSA) is 119 Å². The van der Waals surface area contributed by atoms with Crippen LogP contribution in [0.5, 0.6) is 0 Å². The molecule has 1 fully saturated rings. The number of nitrogens with one attached hydrogen (secondary N) is 1. The Labute approximate surface area is 241 Å². The first kappa shape index (κ1) is 28.4. The zero-order valence-corrected chi connectivity index (χ0v) is 24.0. The number of amides is 2. The van der Waals surface area contributed by atoms with Gasteiger partial charge in [0.15, 0.2) is 0 Å². The molecule has 5 N–H and O–H groups in total. The summed E-state index contributed by atoms with van der Waals surface area (Å²) in [4.78, 5) is 31.1. The molecule has 0 saturated carbocycles. The minimum absolute atomic E-state index is 0.0207. The van der Waals surface area contributed by atoms with Gasteiger partial charge in [0.1, 0.15) is 5.82 Å². The molecule has 2 amide bonds. The summed E-state index contributed by atoms with van der Waals surface area (Å²) in [6.07, 6.45) is 5.48. The molecule has 2 aromatic heterocycles. The fourth-order valence-corrected chi connectivity index (χ4v) is 6.20. The van der Waals surface area contributed by atoms with Crippen molar-refractivity contribution >= 4 is 28.5 Å². The fraction of sp³-hybridized carbons (Fsp3) is 0.364. The SMILES string of the molecule is CC(=O)NCCc1c(C2CCCN(C(=O)CC(N)Cc3ccc(-c4ccc(N)nc4)cc3)C2)n(C)c2ccccc12. The van der Waals surface area contributed by atoms with Crippen molar-refractivity contribution in [3.8, 4) is 11.1 Å². The molecule has 8 heteroatoms. The highest BCUT2D eigenvalue weighted by molar-refractivity contribution is 5.86. The second kappa shape index (κ2) is 12.6. The summed E-state index contributed by atoms with van der Waals surface area (Å²) in [5, 5.41) is 4.17. The van der Waals surface area contributed by atoms with Gasteiger partial charge in [-0.15, -0.1) is 0 Å². The van der Waals surface area contributed by atoms with Crippen molar-refractivity contribution in [1.82, 2.24) is 19.8 Å². The van der Waals surface area contributed by atoms with Gasteiger partial charge in [-0.1, -0.05) is 42.5 Å². The van der Waals surface area contributed by atoms with E-state index in [0.717, 1.165) is 42.5 Å². The number of likely N-dealkylation sites (tertiary alicyclic amines) is 1. The summed E-state index contributed by atoms with van der Waals surface area (Å²) in [6, 6.07) is 20.2. The third kappa shape index (κ3) is 6.60. The number of fused-ring (bicyclic) bond motifs is 1. The van der Waals surface area contributed by atoms with Gasteiger partial charge >= 0.3 is 0 Å². The quantitative estimate of drug-likeness (QED) is 0.288. The summed E-state index contributed by atoms with van der Waals surface area (Å²) in [5.41, 5.74) is 19.1. The monoisotopic (exact) mass is 552 g/mol. The Kier molecular flexibility index (Phi) is 8.69. The van der Waals surface area contributed by atoms with Crippen molar-refractivity contribution in [1.29, 1.82) is 0 Å². The third-order valence-electron chi connectivity index (χ3n) is 8.18. The van der Waals surface area contributed by atoms with Crippen molar-refractivity contribution in [2.75, 3.05) is 25.4 Å². The van der Waals surface area contributed by atoms with Gasteiger partial charge in [-0.25, -0.2) is 4.98 Å². The second-order valence-corrected chi connectivity index (χ2v) is 11.2. The maximum Gasteiger partial charge on any atom is 0.224 e. The molecular weight excluding hydrogens is 512 g/mol. The van der Waals surface area contributed by atoms with Crippen LogP contribution in [0.3, 0.4) is 0 Å². The lowest BCUT2D eigenvalue weighted by atomic mass is 9.90. The average Bonchev–Trinajstić information content (AvgIpc) is 3.25. The van der Waals surface area contributed by atoms with E-state index < -0.39 is 0 Å². The Balaban J connectivity index is 1.24. The Bertz CT molecular complexity index is 1510. The summed E-state index contributed by atoms with van der Waals surface area (Å²) in [6.45, 7) is 3.59. The van der Waals surface area contributed by atoms with Crippen LogP contribution in [0.1, 0.15) is 48.9 Å². The molecule has 4 aromatic rings. The fourth-order valence-electron chi connectivity index (χ4n) is 6.20. The van der Waals surface area contributed by atoms with Gasteiger partial charge in [0.05, 0.1) is 0 Å². The van der Waals surface area contributed by atoms with Crippen LogP contribution in [0.25, 0.3) is 22.0 Å². The van der Waals surface area contributed by atoms with E-state index in [1.807, 2.05) is 11.0 Å². The largest absolute Gasteiger partial charge is 0.384 e. The van der Waals surface area contributed by atoms with E-state index in [1.165, 1.54) is 22.2 Å².